The van der Waals surface area contributed by atoms with E-state index >= 15 is 0 Å². The summed E-state index contributed by atoms with van der Waals surface area (Å²) < 4.78 is 0. The Morgan fingerprint density at radius 2 is 1.81 bits per heavy atom. The van der Waals surface area contributed by atoms with Crippen LogP contribution in [0.5, 0.6) is 0 Å². The SMILES string of the molecule is CCN1CCN(C[C@]2(O)CCCN(CC3CC3)C2=O)CC1. The van der Waals surface area contributed by atoms with Gasteiger partial charge in [0.1, 0.15) is 0 Å². The lowest BCUT2D eigenvalue weighted by molar-refractivity contribution is -0.160. The fourth-order valence-electron chi connectivity index (χ4n) is 3.63. The van der Waals surface area contributed by atoms with Gasteiger partial charge in [0.2, 0.25) is 0 Å². The zero-order valence-electron chi connectivity index (χ0n) is 13.3. The van der Waals surface area contributed by atoms with Crippen LogP contribution < -0.4 is 0 Å². The molecule has 2 saturated heterocycles. The second-order valence-corrected chi connectivity index (χ2v) is 7.04. The summed E-state index contributed by atoms with van der Waals surface area (Å²) in [6.07, 6.45) is 4.06. The van der Waals surface area contributed by atoms with Crippen LogP contribution in [0.25, 0.3) is 0 Å². The van der Waals surface area contributed by atoms with Gasteiger partial charge in [0.15, 0.2) is 5.60 Å². The second kappa shape index (κ2) is 6.23. The molecule has 2 heterocycles. The normalized spacial score (nSPS) is 32.7. The van der Waals surface area contributed by atoms with Gasteiger partial charge in [-0.2, -0.15) is 0 Å². The van der Waals surface area contributed by atoms with Crippen LogP contribution in [-0.2, 0) is 4.79 Å². The fourth-order valence-corrected chi connectivity index (χ4v) is 3.63. The first-order valence-corrected chi connectivity index (χ1v) is 8.57. The third-order valence-corrected chi connectivity index (χ3v) is 5.28. The summed E-state index contributed by atoms with van der Waals surface area (Å²) in [6.45, 7) is 9.52. The summed E-state index contributed by atoms with van der Waals surface area (Å²) >= 11 is 0. The van der Waals surface area contributed by atoms with E-state index in [2.05, 4.69) is 16.7 Å². The number of nitrogens with zero attached hydrogens (tertiary/aromatic N) is 3. The van der Waals surface area contributed by atoms with Crippen LogP contribution in [0.15, 0.2) is 0 Å². The minimum Gasteiger partial charge on any atom is -0.379 e. The highest BCUT2D eigenvalue weighted by molar-refractivity contribution is 5.86. The number of likely N-dealkylation sites (tertiary alicyclic amines) is 1. The number of β-amino-alcohol motifs (C(OH)–C–C–N with tert-alkyl or cyclic N) is 1. The van der Waals surface area contributed by atoms with Crippen LogP contribution in [0, 0.1) is 5.92 Å². The zero-order chi connectivity index (χ0) is 14.9. The number of carbonyl (C=O) groups is 1. The van der Waals surface area contributed by atoms with Gasteiger partial charge in [-0.05, 0) is 38.1 Å². The van der Waals surface area contributed by atoms with Crippen molar-refractivity contribution in [3.05, 3.63) is 0 Å². The van der Waals surface area contributed by atoms with Crippen molar-refractivity contribution >= 4 is 5.91 Å². The Bertz CT molecular complexity index is 378. The van der Waals surface area contributed by atoms with E-state index in [1.807, 2.05) is 4.90 Å². The Hall–Kier alpha value is -0.650. The van der Waals surface area contributed by atoms with Crippen molar-refractivity contribution < 1.29 is 9.90 Å². The molecule has 1 aliphatic carbocycles. The smallest absolute Gasteiger partial charge is 0.255 e. The molecule has 0 radical (unpaired) electrons. The number of aliphatic hydroxyl groups is 1. The van der Waals surface area contributed by atoms with Gasteiger partial charge in [-0.3, -0.25) is 9.69 Å². The first-order valence-electron chi connectivity index (χ1n) is 8.57. The van der Waals surface area contributed by atoms with Crippen molar-refractivity contribution in [2.75, 3.05) is 52.4 Å². The summed E-state index contributed by atoms with van der Waals surface area (Å²) in [5.41, 5.74) is -1.14. The van der Waals surface area contributed by atoms with Crippen molar-refractivity contribution in [2.45, 2.75) is 38.2 Å². The standard InChI is InChI=1S/C16H29N3O2/c1-2-17-8-10-18(11-9-17)13-16(21)6-3-7-19(15(16)20)12-14-4-5-14/h14,21H,2-13H2,1H3/t16-/m1/s1. The molecule has 0 bridgehead atoms. The molecule has 1 amide bonds. The number of piperazine rings is 1. The van der Waals surface area contributed by atoms with Crippen molar-refractivity contribution in [1.29, 1.82) is 0 Å². The van der Waals surface area contributed by atoms with Gasteiger partial charge in [0.05, 0.1) is 0 Å². The van der Waals surface area contributed by atoms with Crippen molar-refractivity contribution in [3.63, 3.8) is 0 Å². The molecule has 1 atom stereocenters. The first-order chi connectivity index (χ1) is 10.1. The number of amides is 1. The molecule has 3 rings (SSSR count). The number of carbonyl (C=O) groups excluding carboxylic acids is 1. The minimum atomic E-state index is -1.14. The largest absolute Gasteiger partial charge is 0.379 e. The first kappa shape index (κ1) is 15.3. The molecule has 1 N–H and O–H groups in total. The lowest BCUT2D eigenvalue weighted by Gasteiger charge is -2.43. The third kappa shape index (κ3) is 3.58. The minimum absolute atomic E-state index is 0.0152. The molecule has 21 heavy (non-hydrogen) atoms. The van der Waals surface area contributed by atoms with E-state index in [1.54, 1.807) is 0 Å². The van der Waals surface area contributed by atoms with Crippen LogP contribution in [0.4, 0.5) is 0 Å². The molecule has 1 saturated carbocycles. The van der Waals surface area contributed by atoms with Gasteiger partial charge in [0, 0.05) is 45.8 Å². The van der Waals surface area contributed by atoms with E-state index in [9.17, 15) is 9.90 Å². The average Bonchev–Trinajstić information content (AvgIpc) is 3.29. The zero-order valence-corrected chi connectivity index (χ0v) is 13.3. The van der Waals surface area contributed by atoms with Crippen LogP contribution in [0.2, 0.25) is 0 Å². The summed E-state index contributed by atoms with van der Waals surface area (Å²) in [4.78, 5) is 19.3. The number of hydrogen-bond acceptors (Lipinski definition) is 4. The van der Waals surface area contributed by atoms with Gasteiger partial charge in [-0.1, -0.05) is 6.92 Å². The number of likely N-dealkylation sites (N-methyl/N-ethyl adjacent to an activating group) is 1. The van der Waals surface area contributed by atoms with Crippen LogP contribution in [0.1, 0.15) is 32.6 Å². The van der Waals surface area contributed by atoms with E-state index in [-0.39, 0.29) is 5.91 Å². The lowest BCUT2D eigenvalue weighted by atomic mass is 9.90. The Morgan fingerprint density at radius 3 is 2.43 bits per heavy atom. The monoisotopic (exact) mass is 295 g/mol. The van der Waals surface area contributed by atoms with Gasteiger partial charge >= 0.3 is 0 Å². The van der Waals surface area contributed by atoms with Crippen LogP contribution >= 0.6 is 0 Å². The molecule has 0 unspecified atom stereocenters. The summed E-state index contributed by atoms with van der Waals surface area (Å²) in [6, 6.07) is 0. The topological polar surface area (TPSA) is 47.0 Å². The third-order valence-electron chi connectivity index (χ3n) is 5.28. The lowest BCUT2D eigenvalue weighted by Crippen LogP contribution is -2.60. The van der Waals surface area contributed by atoms with Gasteiger partial charge in [0.25, 0.3) is 5.91 Å². The molecule has 0 aromatic rings. The molecular formula is C16H29N3O2. The molecule has 120 valence electrons. The maximum atomic E-state index is 12.6. The van der Waals surface area contributed by atoms with Crippen LogP contribution in [0.3, 0.4) is 0 Å². The second-order valence-electron chi connectivity index (χ2n) is 7.04. The molecule has 2 aliphatic heterocycles. The summed E-state index contributed by atoms with van der Waals surface area (Å²) in [7, 11) is 0. The molecule has 0 aromatic heterocycles. The van der Waals surface area contributed by atoms with Gasteiger partial charge in [-0.25, -0.2) is 0 Å². The van der Waals surface area contributed by atoms with E-state index in [1.165, 1.54) is 12.8 Å². The van der Waals surface area contributed by atoms with Crippen molar-refractivity contribution in [3.8, 4) is 0 Å². The van der Waals surface area contributed by atoms with E-state index in [0.717, 1.165) is 52.2 Å². The van der Waals surface area contributed by atoms with Gasteiger partial charge in [-0.15, -0.1) is 0 Å². The number of piperidine rings is 1. The van der Waals surface area contributed by atoms with E-state index in [4.69, 9.17) is 0 Å². The molecule has 5 nitrogen and oxygen atoms in total. The number of rotatable bonds is 5. The van der Waals surface area contributed by atoms with E-state index in [0.29, 0.717) is 18.9 Å². The maximum Gasteiger partial charge on any atom is 0.255 e. The quantitative estimate of drug-likeness (QED) is 0.797. The molecule has 3 fully saturated rings. The molecule has 0 aromatic carbocycles. The van der Waals surface area contributed by atoms with Gasteiger partial charge < -0.3 is 14.9 Å². The molecular weight excluding hydrogens is 266 g/mol. The molecule has 3 aliphatic rings. The Balaban J connectivity index is 1.56. The Kier molecular flexibility index (Phi) is 4.52. The number of hydrogen-bond donors (Lipinski definition) is 1. The Labute approximate surface area is 127 Å². The van der Waals surface area contributed by atoms with E-state index < -0.39 is 5.60 Å². The highest BCUT2D eigenvalue weighted by Crippen LogP contribution is 2.32. The highest BCUT2D eigenvalue weighted by Gasteiger charge is 2.44. The molecule has 5 heteroatoms. The average molecular weight is 295 g/mol. The van der Waals surface area contributed by atoms with Crippen molar-refractivity contribution in [2.24, 2.45) is 5.92 Å². The van der Waals surface area contributed by atoms with Crippen LogP contribution in [-0.4, -0.2) is 83.7 Å². The fraction of sp³-hybridized carbons (Fsp3) is 0.938. The van der Waals surface area contributed by atoms with Crippen molar-refractivity contribution in [1.82, 2.24) is 14.7 Å². The predicted octanol–water partition coefficient (Wildman–Crippen LogP) is 0.387. The highest BCUT2D eigenvalue weighted by atomic mass is 16.3. The maximum absolute atomic E-state index is 12.6. The summed E-state index contributed by atoms with van der Waals surface area (Å²) in [5.74, 6) is 0.683. The predicted molar refractivity (Wildman–Crippen MR) is 82.0 cm³/mol. The Morgan fingerprint density at radius 1 is 1.14 bits per heavy atom. The molecule has 0 spiro atoms. The summed E-state index contributed by atoms with van der Waals surface area (Å²) in [5, 5.41) is 10.9.